The molecular weight excluding hydrogens is 251 g/mol. The molecule has 0 radical (unpaired) electrons. The lowest BCUT2D eigenvalue weighted by molar-refractivity contribution is 0.539. The molecular formula is C9H6BrFN2O. The van der Waals surface area contributed by atoms with Gasteiger partial charge in [0.25, 0.3) is 4.80 Å². The van der Waals surface area contributed by atoms with Crippen LogP contribution in [0.2, 0.25) is 0 Å². The standard InChI is InChI=1S/C9H6BrFN2O/c1-5-2-3-6(4-7(5)11)8-12-13-9(10)14-8/h2-4H,1H3. The number of rotatable bonds is 1. The highest BCUT2D eigenvalue weighted by atomic mass is 79.9. The lowest BCUT2D eigenvalue weighted by atomic mass is 10.1. The van der Waals surface area contributed by atoms with E-state index in [-0.39, 0.29) is 10.6 Å². The monoisotopic (exact) mass is 256 g/mol. The highest BCUT2D eigenvalue weighted by molar-refractivity contribution is 9.10. The van der Waals surface area contributed by atoms with Crippen molar-refractivity contribution in [2.75, 3.05) is 0 Å². The van der Waals surface area contributed by atoms with E-state index in [9.17, 15) is 4.39 Å². The molecule has 14 heavy (non-hydrogen) atoms. The Labute approximate surface area is 88.1 Å². The van der Waals surface area contributed by atoms with E-state index in [0.29, 0.717) is 17.0 Å². The van der Waals surface area contributed by atoms with E-state index in [2.05, 4.69) is 26.1 Å². The normalized spacial score (nSPS) is 10.5. The van der Waals surface area contributed by atoms with Gasteiger partial charge in [0.05, 0.1) is 0 Å². The maximum absolute atomic E-state index is 13.2. The summed E-state index contributed by atoms with van der Waals surface area (Å²) < 4.78 is 18.3. The van der Waals surface area contributed by atoms with Crippen LogP contribution in [0.5, 0.6) is 0 Å². The second kappa shape index (κ2) is 3.49. The van der Waals surface area contributed by atoms with Crippen molar-refractivity contribution in [3.63, 3.8) is 0 Å². The lowest BCUT2D eigenvalue weighted by Crippen LogP contribution is -1.84. The van der Waals surface area contributed by atoms with Gasteiger partial charge in [-0.3, -0.25) is 0 Å². The average Bonchev–Trinajstić information content (AvgIpc) is 2.57. The number of aryl methyl sites for hydroxylation is 1. The van der Waals surface area contributed by atoms with Crippen molar-refractivity contribution >= 4 is 15.9 Å². The molecule has 1 aromatic heterocycles. The summed E-state index contributed by atoms with van der Waals surface area (Å²) in [6.07, 6.45) is 0. The van der Waals surface area contributed by atoms with Crippen molar-refractivity contribution in [2.45, 2.75) is 6.92 Å². The summed E-state index contributed by atoms with van der Waals surface area (Å²) in [6, 6.07) is 4.77. The third-order valence-corrected chi connectivity index (χ3v) is 2.14. The van der Waals surface area contributed by atoms with Crippen LogP contribution in [0.3, 0.4) is 0 Å². The topological polar surface area (TPSA) is 38.9 Å². The van der Waals surface area contributed by atoms with Gasteiger partial charge in [-0.1, -0.05) is 6.07 Å². The number of hydrogen-bond donors (Lipinski definition) is 0. The zero-order chi connectivity index (χ0) is 10.1. The quantitative estimate of drug-likeness (QED) is 0.788. The second-order valence-electron chi connectivity index (χ2n) is 2.82. The number of nitrogens with zero attached hydrogens (tertiary/aromatic N) is 2. The molecule has 0 aliphatic heterocycles. The fraction of sp³-hybridized carbons (Fsp3) is 0.111. The second-order valence-corrected chi connectivity index (χ2v) is 3.50. The molecule has 0 aliphatic carbocycles. The van der Waals surface area contributed by atoms with Crippen molar-refractivity contribution in [1.82, 2.24) is 10.2 Å². The number of benzene rings is 1. The van der Waals surface area contributed by atoms with Crippen molar-refractivity contribution in [1.29, 1.82) is 0 Å². The Morgan fingerprint density at radius 1 is 1.36 bits per heavy atom. The predicted molar refractivity (Wildman–Crippen MR) is 52.1 cm³/mol. The van der Waals surface area contributed by atoms with E-state index < -0.39 is 0 Å². The maximum Gasteiger partial charge on any atom is 0.285 e. The molecule has 3 nitrogen and oxygen atoms in total. The SMILES string of the molecule is Cc1ccc(-c2nnc(Br)o2)cc1F. The Hall–Kier alpha value is -1.23. The van der Waals surface area contributed by atoms with E-state index >= 15 is 0 Å². The third-order valence-electron chi connectivity index (χ3n) is 1.82. The zero-order valence-electron chi connectivity index (χ0n) is 7.29. The smallest absolute Gasteiger partial charge is 0.285 e. The van der Waals surface area contributed by atoms with Gasteiger partial charge in [0.2, 0.25) is 5.89 Å². The number of hydrogen-bond acceptors (Lipinski definition) is 3. The highest BCUT2D eigenvalue weighted by Gasteiger charge is 2.08. The molecule has 1 heterocycles. The lowest BCUT2D eigenvalue weighted by Gasteiger charge is -1.97. The molecule has 0 fully saturated rings. The molecule has 0 N–H and O–H groups in total. The molecule has 0 bridgehead atoms. The van der Waals surface area contributed by atoms with Gasteiger partial charge in [-0.25, -0.2) is 4.39 Å². The fourth-order valence-electron chi connectivity index (χ4n) is 1.05. The maximum atomic E-state index is 13.2. The molecule has 72 valence electrons. The van der Waals surface area contributed by atoms with E-state index in [4.69, 9.17) is 4.42 Å². The van der Waals surface area contributed by atoms with Gasteiger partial charge in [0.1, 0.15) is 5.82 Å². The van der Waals surface area contributed by atoms with Crippen molar-refractivity contribution in [3.05, 3.63) is 34.4 Å². The zero-order valence-corrected chi connectivity index (χ0v) is 8.88. The molecule has 2 rings (SSSR count). The van der Waals surface area contributed by atoms with E-state index in [0.717, 1.165) is 0 Å². The van der Waals surface area contributed by atoms with Gasteiger partial charge in [-0.2, -0.15) is 0 Å². The van der Waals surface area contributed by atoms with Crippen LogP contribution < -0.4 is 0 Å². The van der Waals surface area contributed by atoms with Crippen LogP contribution in [0.4, 0.5) is 4.39 Å². The average molecular weight is 257 g/mol. The van der Waals surface area contributed by atoms with E-state index in [1.165, 1.54) is 6.07 Å². The van der Waals surface area contributed by atoms with Crippen LogP contribution in [-0.4, -0.2) is 10.2 Å². The molecule has 5 heteroatoms. The first-order chi connectivity index (χ1) is 6.66. The van der Waals surface area contributed by atoms with Gasteiger partial charge >= 0.3 is 0 Å². The molecule has 0 saturated carbocycles. The molecule has 0 spiro atoms. The molecule has 0 amide bonds. The van der Waals surface area contributed by atoms with Crippen LogP contribution in [-0.2, 0) is 0 Å². The van der Waals surface area contributed by atoms with Crippen LogP contribution in [0.1, 0.15) is 5.56 Å². The summed E-state index contributed by atoms with van der Waals surface area (Å²) in [5, 5.41) is 7.35. The van der Waals surface area contributed by atoms with E-state index in [1.54, 1.807) is 19.1 Å². The van der Waals surface area contributed by atoms with E-state index in [1.807, 2.05) is 0 Å². The minimum atomic E-state index is -0.281. The summed E-state index contributed by atoms with van der Waals surface area (Å²) in [4.78, 5) is 0.286. The Balaban J connectivity index is 2.47. The number of halogens is 2. The molecule has 0 atom stereocenters. The van der Waals surface area contributed by atoms with Crippen LogP contribution >= 0.6 is 15.9 Å². The first-order valence-corrected chi connectivity index (χ1v) is 4.71. The first kappa shape index (κ1) is 9.33. The highest BCUT2D eigenvalue weighted by Crippen LogP contribution is 2.21. The van der Waals surface area contributed by atoms with Gasteiger partial charge < -0.3 is 4.42 Å². The minimum Gasteiger partial charge on any atom is -0.411 e. The Bertz CT molecular complexity index is 470. The van der Waals surface area contributed by atoms with Crippen molar-refractivity contribution < 1.29 is 8.81 Å². The molecule has 0 unspecified atom stereocenters. The van der Waals surface area contributed by atoms with Crippen LogP contribution in [0.25, 0.3) is 11.5 Å². The first-order valence-electron chi connectivity index (χ1n) is 3.92. The molecule has 2 aromatic rings. The summed E-state index contributed by atoms with van der Waals surface area (Å²) in [7, 11) is 0. The van der Waals surface area contributed by atoms with Gasteiger partial charge in [-0.15, -0.1) is 10.2 Å². The van der Waals surface area contributed by atoms with Gasteiger partial charge in [0.15, 0.2) is 0 Å². The van der Waals surface area contributed by atoms with Crippen molar-refractivity contribution in [2.24, 2.45) is 0 Å². The van der Waals surface area contributed by atoms with Crippen LogP contribution in [0, 0.1) is 12.7 Å². The van der Waals surface area contributed by atoms with Crippen LogP contribution in [0.15, 0.2) is 27.4 Å². The van der Waals surface area contributed by atoms with Crippen molar-refractivity contribution in [3.8, 4) is 11.5 Å². The Morgan fingerprint density at radius 3 is 2.71 bits per heavy atom. The molecule has 0 saturated heterocycles. The van der Waals surface area contributed by atoms with Gasteiger partial charge in [0, 0.05) is 21.5 Å². The predicted octanol–water partition coefficient (Wildman–Crippen LogP) is 2.95. The molecule has 0 aliphatic rings. The molecule has 1 aromatic carbocycles. The Morgan fingerprint density at radius 2 is 2.14 bits per heavy atom. The van der Waals surface area contributed by atoms with Gasteiger partial charge in [-0.05, 0) is 24.6 Å². The summed E-state index contributed by atoms with van der Waals surface area (Å²) in [5.74, 6) is 0.0209. The fourth-order valence-corrected chi connectivity index (χ4v) is 1.28. The number of aromatic nitrogens is 2. The summed E-state index contributed by atoms with van der Waals surface area (Å²) in [6.45, 7) is 1.70. The summed E-state index contributed by atoms with van der Waals surface area (Å²) in [5.41, 5.74) is 1.17. The third kappa shape index (κ3) is 1.68. The minimum absolute atomic E-state index is 0.281. The summed E-state index contributed by atoms with van der Waals surface area (Å²) >= 11 is 3.03. The Kier molecular flexibility index (Phi) is 2.33. The largest absolute Gasteiger partial charge is 0.411 e.